The van der Waals surface area contributed by atoms with Crippen molar-refractivity contribution >= 4 is 5.91 Å². The number of halogens is 1. The van der Waals surface area contributed by atoms with Crippen LogP contribution in [0.1, 0.15) is 40.5 Å². The van der Waals surface area contributed by atoms with E-state index >= 15 is 0 Å². The van der Waals surface area contributed by atoms with Crippen LogP contribution in [0.3, 0.4) is 0 Å². The van der Waals surface area contributed by atoms with Crippen molar-refractivity contribution in [3.63, 3.8) is 0 Å². The molecule has 0 spiro atoms. The van der Waals surface area contributed by atoms with Gasteiger partial charge in [-0.15, -0.1) is 0 Å². The summed E-state index contributed by atoms with van der Waals surface area (Å²) < 4.78 is 13.2. The van der Waals surface area contributed by atoms with Gasteiger partial charge in [-0.05, 0) is 49.6 Å². The lowest BCUT2D eigenvalue weighted by molar-refractivity contribution is 0.0734. The summed E-state index contributed by atoms with van der Waals surface area (Å²) in [5.41, 5.74) is 2.90. The molecule has 3 heterocycles. The maximum Gasteiger partial charge on any atom is 0.257 e. The zero-order chi connectivity index (χ0) is 18.8. The number of rotatable bonds is 3. The topological polar surface area (TPSA) is 59.0 Å². The Labute approximate surface area is 156 Å². The van der Waals surface area contributed by atoms with E-state index in [4.69, 9.17) is 0 Å². The summed E-state index contributed by atoms with van der Waals surface area (Å²) in [5, 5.41) is 0. The molecule has 0 radical (unpaired) electrons. The van der Waals surface area contributed by atoms with Crippen molar-refractivity contribution in [1.29, 1.82) is 0 Å². The van der Waals surface area contributed by atoms with Crippen molar-refractivity contribution in [2.75, 3.05) is 6.54 Å². The molecule has 1 aromatic carbocycles. The molecule has 0 bridgehead atoms. The van der Waals surface area contributed by atoms with Crippen LogP contribution in [0, 0.1) is 12.7 Å². The molecule has 0 saturated carbocycles. The molecule has 6 heteroatoms. The predicted octanol–water partition coefficient (Wildman–Crippen LogP) is 3.96. The molecule has 1 aliphatic rings. The number of amides is 1. The van der Waals surface area contributed by atoms with E-state index in [-0.39, 0.29) is 17.8 Å². The molecule has 0 aliphatic carbocycles. The van der Waals surface area contributed by atoms with E-state index in [1.807, 2.05) is 24.0 Å². The van der Waals surface area contributed by atoms with E-state index < -0.39 is 0 Å². The number of benzene rings is 1. The molecule has 1 saturated heterocycles. The average Bonchev–Trinajstić information content (AvgIpc) is 3.18. The lowest BCUT2D eigenvalue weighted by Gasteiger charge is -2.25. The first-order valence-electron chi connectivity index (χ1n) is 8.94. The smallest absolute Gasteiger partial charge is 0.257 e. The van der Waals surface area contributed by atoms with Crippen LogP contribution in [0.25, 0.3) is 11.4 Å². The molecule has 136 valence electrons. The van der Waals surface area contributed by atoms with Gasteiger partial charge in [0.05, 0.1) is 17.3 Å². The monoisotopic (exact) mass is 362 g/mol. The van der Waals surface area contributed by atoms with Gasteiger partial charge in [-0.3, -0.25) is 9.78 Å². The largest absolute Gasteiger partial charge is 0.332 e. The Hall–Kier alpha value is -3.15. The summed E-state index contributed by atoms with van der Waals surface area (Å²) in [5.74, 6) is 0.190. The maximum atomic E-state index is 13.2. The van der Waals surface area contributed by atoms with Gasteiger partial charge < -0.3 is 4.90 Å². The molecule has 27 heavy (non-hydrogen) atoms. The van der Waals surface area contributed by atoms with Crippen LogP contribution in [-0.4, -0.2) is 32.3 Å². The van der Waals surface area contributed by atoms with Gasteiger partial charge in [0, 0.05) is 30.7 Å². The lowest BCUT2D eigenvalue weighted by Crippen LogP contribution is -2.31. The minimum absolute atomic E-state index is 0.0458. The summed E-state index contributed by atoms with van der Waals surface area (Å²) in [6, 6.07) is 10.0. The highest BCUT2D eigenvalue weighted by Crippen LogP contribution is 2.33. The summed E-state index contributed by atoms with van der Waals surface area (Å²) in [4.78, 5) is 27.9. The number of carbonyl (C=O) groups excluding carboxylic acids is 1. The average molecular weight is 362 g/mol. The lowest BCUT2D eigenvalue weighted by atomic mass is 10.0. The number of aromatic nitrogens is 3. The summed E-state index contributed by atoms with van der Waals surface area (Å²) in [7, 11) is 0. The standard InChI is InChI=1S/C21H19FN4O/c1-14-18(13-24-20(25-14)16-4-2-10-23-12-16)21(27)26-11-3-5-19(26)15-6-8-17(22)9-7-15/h2,4,6-10,12-13,19H,3,5,11H2,1H3/t19-/m1/s1. The third-order valence-electron chi connectivity index (χ3n) is 4.90. The SMILES string of the molecule is Cc1nc(-c2cccnc2)ncc1C(=O)N1CCC[C@@H]1c1ccc(F)cc1. The van der Waals surface area contributed by atoms with Gasteiger partial charge in [0.15, 0.2) is 5.82 Å². The van der Waals surface area contributed by atoms with Crippen molar-refractivity contribution in [3.8, 4) is 11.4 Å². The first kappa shape index (κ1) is 17.3. The van der Waals surface area contributed by atoms with Crippen LogP contribution in [0.5, 0.6) is 0 Å². The first-order valence-corrected chi connectivity index (χ1v) is 8.94. The number of likely N-dealkylation sites (tertiary alicyclic amines) is 1. The molecular weight excluding hydrogens is 343 g/mol. The third kappa shape index (κ3) is 3.43. The number of pyridine rings is 1. The number of hydrogen-bond acceptors (Lipinski definition) is 4. The van der Waals surface area contributed by atoms with Gasteiger partial charge >= 0.3 is 0 Å². The van der Waals surface area contributed by atoms with E-state index in [2.05, 4.69) is 15.0 Å². The molecular formula is C21H19FN4O. The van der Waals surface area contributed by atoms with Gasteiger partial charge in [0.25, 0.3) is 5.91 Å². The van der Waals surface area contributed by atoms with Crippen LogP contribution < -0.4 is 0 Å². The Morgan fingerprint density at radius 3 is 2.70 bits per heavy atom. The van der Waals surface area contributed by atoms with E-state index in [0.717, 1.165) is 24.0 Å². The number of nitrogens with zero attached hydrogens (tertiary/aromatic N) is 4. The Morgan fingerprint density at radius 2 is 2.00 bits per heavy atom. The summed E-state index contributed by atoms with van der Waals surface area (Å²) in [6.45, 7) is 2.49. The summed E-state index contributed by atoms with van der Waals surface area (Å²) in [6.07, 6.45) is 6.76. The number of hydrogen-bond donors (Lipinski definition) is 0. The second-order valence-corrected chi connectivity index (χ2v) is 6.64. The van der Waals surface area contributed by atoms with Crippen LogP contribution >= 0.6 is 0 Å². The zero-order valence-electron chi connectivity index (χ0n) is 15.0. The van der Waals surface area contributed by atoms with Gasteiger partial charge in [0.1, 0.15) is 5.82 Å². The molecule has 5 nitrogen and oxygen atoms in total. The fourth-order valence-corrected chi connectivity index (χ4v) is 3.51. The second kappa shape index (κ2) is 7.23. The Morgan fingerprint density at radius 1 is 1.19 bits per heavy atom. The Kier molecular flexibility index (Phi) is 4.62. The van der Waals surface area contributed by atoms with Crippen LogP contribution in [0.2, 0.25) is 0 Å². The molecule has 0 unspecified atom stereocenters. The molecule has 3 aromatic rings. The molecule has 1 fully saturated rings. The Bertz CT molecular complexity index is 960. The molecule has 0 N–H and O–H groups in total. The van der Waals surface area contributed by atoms with Gasteiger partial charge in [-0.25, -0.2) is 14.4 Å². The summed E-state index contributed by atoms with van der Waals surface area (Å²) >= 11 is 0. The normalized spacial score (nSPS) is 16.5. The molecule has 1 atom stereocenters. The molecule has 1 amide bonds. The van der Waals surface area contributed by atoms with Crippen LogP contribution in [0.15, 0.2) is 55.0 Å². The minimum Gasteiger partial charge on any atom is -0.332 e. The number of aryl methyl sites for hydroxylation is 1. The quantitative estimate of drug-likeness (QED) is 0.707. The van der Waals surface area contributed by atoms with Crippen molar-refractivity contribution < 1.29 is 9.18 Å². The zero-order valence-corrected chi connectivity index (χ0v) is 15.0. The fraction of sp³-hybridized carbons (Fsp3) is 0.238. The number of carbonyl (C=O) groups is 1. The van der Waals surface area contributed by atoms with Crippen molar-refractivity contribution in [3.05, 3.63) is 77.6 Å². The van der Waals surface area contributed by atoms with E-state index in [1.54, 1.807) is 30.7 Å². The van der Waals surface area contributed by atoms with Crippen LogP contribution in [-0.2, 0) is 0 Å². The predicted molar refractivity (Wildman–Crippen MR) is 99.4 cm³/mol. The Balaban J connectivity index is 1.61. The first-order chi connectivity index (χ1) is 13.1. The molecule has 4 rings (SSSR count). The highest BCUT2D eigenvalue weighted by atomic mass is 19.1. The van der Waals surface area contributed by atoms with Gasteiger partial charge in [-0.1, -0.05) is 12.1 Å². The van der Waals surface area contributed by atoms with Crippen molar-refractivity contribution in [2.24, 2.45) is 0 Å². The van der Waals surface area contributed by atoms with Crippen LogP contribution in [0.4, 0.5) is 4.39 Å². The van der Waals surface area contributed by atoms with Crippen molar-refractivity contribution in [1.82, 2.24) is 19.9 Å². The maximum absolute atomic E-state index is 13.2. The van der Waals surface area contributed by atoms with Crippen molar-refractivity contribution in [2.45, 2.75) is 25.8 Å². The highest BCUT2D eigenvalue weighted by Gasteiger charge is 2.31. The van der Waals surface area contributed by atoms with Gasteiger partial charge in [0.2, 0.25) is 0 Å². The van der Waals surface area contributed by atoms with E-state index in [1.165, 1.54) is 12.1 Å². The van der Waals surface area contributed by atoms with Gasteiger partial charge in [-0.2, -0.15) is 0 Å². The van der Waals surface area contributed by atoms with E-state index in [9.17, 15) is 9.18 Å². The third-order valence-corrected chi connectivity index (χ3v) is 4.90. The minimum atomic E-state index is -0.273. The second-order valence-electron chi connectivity index (χ2n) is 6.64. The molecule has 1 aliphatic heterocycles. The van der Waals surface area contributed by atoms with E-state index in [0.29, 0.717) is 23.6 Å². The highest BCUT2D eigenvalue weighted by molar-refractivity contribution is 5.95. The molecule has 2 aromatic heterocycles. The fourth-order valence-electron chi connectivity index (χ4n) is 3.51.